The molecule has 2 aromatic carbocycles. The van der Waals surface area contributed by atoms with Gasteiger partial charge in [-0.3, -0.25) is 4.98 Å². The Balaban J connectivity index is 2.14. The molecule has 0 radical (unpaired) electrons. The van der Waals surface area contributed by atoms with Crippen molar-refractivity contribution < 1.29 is 5.11 Å². The summed E-state index contributed by atoms with van der Waals surface area (Å²) in [6.07, 6.45) is 1.12. The first-order valence-electron chi connectivity index (χ1n) is 6.34. The summed E-state index contributed by atoms with van der Waals surface area (Å²) in [6.45, 7) is 1.93. The molecule has 19 heavy (non-hydrogen) atoms. The van der Waals surface area contributed by atoms with Crippen LogP contribution in [0.25, 0.3) is 10.8 Å². The molecule has 2 nitrogen and oxygen atoms in total. The van der Waals surface area contributed by atoms with Gasteiger partial charge < -0.3 is 5.11 Å². The number of aliphatic hydroxyl groups is 1. The van der Waals surface area contributed by atoms with Gasteiger partial charge in [0, 0.05) is 11.9 Å². The highest BCUT2D eigenvalue weighted by Crippen LogP contribution is 2.28. The maximum absolute atomic E-state index is 10.6. The maximum atomic E-state index is 10.6. The largest absolute Gasteiger partial charge is 0.384 e. The third-order valence-electron chi connectivity index (χ3n) is 3.35. The first-order valence-corrected chi connectivity index (χ1v) is 6.34. The molecule has 1 aromatic heterocycles. The molecule has 0 saturated carbocycles. The van der Waals surface area contributed by atoms with E-state index in [1.165, 1.54) is 0 Å². The van der Waals surface area contributed by atoms with E-state index in [1.807, 2.05) is 49.4 Å². The molecule has 94 valence electrons. The molecule has 3 aromatic rings. The molecule has 0 aliphatic heterocycles. The van der Waals surface area contributed by atoms with E-state index in [0.29, 0.717) is 0 Å². The lowest BCUT2D eigenvalue weighted by molar-refractivity contribution is 0.221. The molecule has 0 fully saturated rings. The zero-order chi connectivity index (χ0) is 13.2. The second kappa shape index (κ2) is 4.82. The number of benzene rings is 2. The molecule has 0 aliphatic rings. The van der Waals surface area contributed by atoms with Gasteiger partial charge in [-0.05, 0) is 41.0 Å². The summed E-state index contributed by atoms with van der Waals surface area (Å²) in [5.41, 5.74) is 2.73. The second-order valence-corrected chi connectivity index (χ2v) is 4.70. The van der Waals surface area contributed by atoms with E-state index < -0.39 is 6.10 Å². The number of hydrogen-bond donors (Lipinski definition) is 1. The monoisotopic (exact) mass is 249 g/mol. The van der Waals surface area contributed by atoms with Crippen LogP contribution in [0.1, 0.15) is 22.9 Å². The average molecular weight is 249 g/mol. The molecule has 1 N–H and O–H groups in total. The quantitative estimate of drug-likeness (QED) is 0.752. The number of aryl methyl sites for hydroxylation is 1. The van der Waals surface area contributed by atoms with Crippen LogP contribution in [-0.2, 0) is 0 Å². The number of hydrogen-bond acceptors (Lipinski definition) is 2. The van der Waals surface area contributed by atoms with Gasteiger partial charge >= 0.3 is 0 Å². The van der Waals surface area contributed by atoms with Crippen molar-refractivity contribution in [2.24, 2.45) is 0 Å². The highest BCUT2D eigenvalue weighted by molar-refractivity contribution is 5.86. The van der Waals surface area contributed by atoms with Crippen molar-refractivity contribution in [2.45, 2.75) is 13.0 Å². The Bertz CT molecular complexity index is 716. The molecular formula is C17H15NO. The summed E-state index contributed by atoms with van der Waals surface area (Å²) in [4.78, 5) is 4.17. The lowest BCUT2D eigenvalue weighted by atomic mass is 9.96. The van der Waals surface area contributed by atoms with Crippen LogP contribution in [0.2, 0.25) is 0 Å². The van der Waals surface area contributed by atoms with Crippen LogP contribution in [0.15, 0.2) is 60.8 Å². The summed E-state index contributed by atoms with van der Waals surface area (Å²) in [7, 11) is 0. The summed E-state index contributed by atoms with van der Waals surface area (Å²) in [6, 6.07) is 17.9. The molecule has 2 heteroatoms. The summed E-state index contributed by atoms with van der Waals surface area (Å²) in [5.74, 6) is 0. The fourth-order valence-electron chi connectivity index (χ4n) is 2.41. The molecule has 0 aliphatic carbocycles. The molecule has 0 bridgehead atoms. The summed E-state index contributed by atoms with van der Waals surface area (Å²) >= 11 is 0. The molecule has 1 atom stereocenters. The number of aromatic nitrogens is 1. The van der Waals surface area contributed by atoms with Crippen LogP contribution >= 0.6 is 0 Å². The first kappa shape index (κ1) is 11.9. The predicted molar refractivity (Wildman–Crippen MR) is 77.0 cm³/mol. The Labute approximate surface area is 112 Å². The number of aliphatic hydroxyl groups excluding tert-OH is 1. The first-order chi connectivity index (χ1) is 9.25. The Morgan fingerprint density at radius 3 is 2.63 bits per heavy atom. The van der Waals surface area contributed by atoms with Gasteiger partial charge in [0.15, 0.2) is 0 Å². The Hall–Kier alpha value is -2.19. The minimum atomic E-state index is -0.618. The Kier molecular flexibility index (Phi) is 3.02. The highest BCUT2D eigenvalue weighted by Gasteiger charge is 2.13. The SMILES string of the molecule is Cc1cc(C(O)c2cccc3ccccc23)ccn1. The van der Waals surface area contributed by atoms with Gasteiger partial charge in [0.2, 0.25) is 0 Å². The molecule has 1 heterocycles. The number of fused-ring (bicyclic) bond motifs is 1. The standard InChI is InChI=1S/C17H15NO/c1-12-11-14(9-10-18-12)17(19)16-8-4-6-13-5-2-3-7-15(13)16/h2-11,17,19H,1H3. The van der Waals surface area contributed by atoms with Gasteiger partial charge in [0.25, 0.3) is 0 Å². The predicted octanol–water partition coefficient (Wildman–Crippen LogP) is 3.62. The molecule has 0 amide bonds. The summed E-state index contributed by atoms with van der Waals surface area (Å²) < 4.78 is 0. The summed E-state index contributed by atoms with van der Waals surface area (Å²) in [5, 5.41) is 12.8. The van der Waals surface area contributed by atoms with Gasteiger partial charge in [0.1, 0.15) is 6.10 Å². The third kappa shape index (κ3) is 2.23. The Morgan fingerprint density at radius 2 is 1.79 bits per heavy atom. The van der Waals surface area contributed by atoms with Gasteiger partial charge in [-0.15, -0.1) is 0 Å². The van der Waals surface area contributed by atoms with Crippen molar-refractivity contribution in [3.63, 3.8) is 0 Å². The number of rotatable bonds is 2. The van der Waals surface area contributed by atoms with Gasteiger partial charge in [-0.1, -0.05) is 42.5 Å². The van der Waals surface area contributed by atoms with Gasteiger partial charge in [-0.25, -0.2) is 0 Å². The Morgan fingerprint density at radius 1 is 1.00 bits per heavy atom. The van der Waals surface area contributed by atoms with Crippen LogP contribution in [0.5, 0.6) is 0 Å². The van der Waals surface area contributed by atoms with E-state index in [-0.39, 0.29) is 0 Å². The maximum Gasteiger partial charge on any atom is 0.105 e. The number of nitrogens with zero attached hydrogens (tertiary/aromatic N) is 1. The molecule has 0 saturated heterocycles. The fraction of sp³-hybridized carbons (Fsp3) is 0.118. The van der Waals surface area contributed by atoms with E-state index in [0.717, 1.165) is 27.6 Å². The smallest absolute Gasteiger partial charge is 0.105 e. The molecule has 0 spiro atoms. The van der Waals surface area contributed by atoms with Crippen LogP contribution in [0.3, 0.4) is 0 Å². The highest BCUT2D eigenvalue weighted by atomic mass is 16.3. The van der Waals surface area contributed by atoms with Crippen molar-refractivity contribution in [3.8, 4) is 0 Å². The molecule has 1 unspecified atom stereocenters. The van der Waals surface area contributed by atoms with E-state index in [9.17, 15) is 5.11 Å². The molecular weight excluding hydrogens is 234 g/mol. The van der Waals surface area contributed by atoms with Crippen LogP contribution < -0.4 is 0 Å². The van der Waals surface area contributed by atoms with Gasteiger partial charge in [-0.2, -0.15) is 0 Å². The van der Waals surface area contributed by atoms with Crippen LogP contribution in [-0.4, -0.2) is 10.1 Å². The van der Waals surface area contributed by atoms with Crippen molar-refractivity contribution in [1.82, 2.24) is 4.98 Å². The average Bonchev–Trinajstić information content (AvgIpc) is 2.46. The lowest BCUT2D eigenvalue weighted by Gasteiger charge is -2.14. The topological polar surface area (TPSA) is 33.1 Å². The van der Waals surface area contributed by atoms with E-state index in [2.05, 4.69) is 17.1 Å². The van der Waals surface area contributed by atoms with Crippen molar-refractivity contribution in [1.29, 1.82) is 0 Å². The van der Waals surface area contributed by atoms with E-state index in [1.54, 1.807) is 6.20 Å². The van der Waals surface area contributed by atoms with E-state index in [4.69, 9.17) is 0 Å². The molecule has 3 rings (SSSR count). The van der Waals surface area contributed by atoms with Crippen molar-refractivity contribution >= 4 is 10.8 Å². The third-order valence-corrected chi connectivity index (χ3v) is 3.35. The minimum Gasteiger partial charge on any atom is -0.384 e. The normalized spacial score (nSPS) is 12.5. The zero-order valence-corrected chi connectivity index (χ0v) is 10.7. The number of pyridine rings is 1. The van der Waals surface area contributed by atoms with Gasteiger partial charge in [0.05, 0.1) is 0 Å². The van der Waals surface area contributed by atoms with Crippen LogP contribution in [0.4, 0.5) is 0 Å². The fourth-order valence-corrected chi connectivity index (χ4v) is 2.41. The minimum absolute atomic E-state index is 0.618. The van der Waals surface area contributed by atoms with Crippen molar-refractivity contribution in [2.75, 3.05) is 0 Å². The van der Waals surface area contributed by atoms with E-state index >= 15 is 0 Å². The zero-order valence-electron chi connectivity index (χ0n) is 10.7. The van der Waals surface area contributed by atoms with Crippen molar-refractivity contribution in [3.05, 3.63) is 77.6 Å². The lowest BCUT2D eigenvalue weighted by Crippen LogP contribution is -2.01. The van der Waals surface area contributed by atoms with Crippen LogP contribution in [0, 0.1) is 6.92 Å². The second-order valence-electron chi connectivity index (χ2n) is 4.70.